The molecule has 0 aliphatic carbocycles. The maximum absolute atomic E-state index is 12.4. The van der Waals surface area contributed by atoms with Crippen molar-refractivity contribution in [3.8, 4) is 0 Å². The Morgan fingerprint density at radius 1 is 1.24 bits per heavy atom. The first-order chi connectivity index (χ1) is 8.36. The smallest absolute Gasteiger partial charge is 0.190 e. The second-order valence-electron chi connectivity index (χ2n) is 4.26. The van der Waals surface area contributed by atoms with Crippen LogP contribution in [0.5, 0.6) is 0 Å². The molecule has 1 aliphatic rings. The van der Waals surface area contributed by atoms with Crippen LogP contribution in [0.15, 0.2) is 42.1 Å². The van der Waals surface area contributed by atoms with Crippen LogP contribution in [0, 0.1) is 0 Å². The first-order valence-corrected chi connectivity index (χ1v) is 5.87. The Morgan fingerprint density at radius 2 is 2.12 bits per heavy atom. The summed E-state index contributed by atoms with van der Waals surface area (Å²) in [4.78, 5) is 15.5. The summed E-state index contributed by atoms with van der Waals surface area (Å²) in [5.74, 6) is 0.156. The molecule has 0 fully saturated rings. The number of carbonyl (C=O) groups excluding carboxylic acids is 1. The van der Waals surface area contributed by atoms with Crippen molar-refractivity contribution in [1.82, 2.24) is 10.3 Å². The number of H-pyrrole nitrogens is 1. The number of ketones is 1. The van der Waals surface area contributed by atoms with Gasteiger partial charge in [0.15, 0.2) is 5.78 Å². The first kappa shape index (κ1) is 10.3. The van der Waals surface area contributed by atoms with Crippen LogP contribution in [0.4, 0.5) is 0 Å². The van der Waals surface area contributed by atoms with E-state index in [0.717, 1.165) is 41.5 Å². The third-order valence-corrected chi connectivity index (χ3v) is 3.19. The van der Waals surface area contributed by atoms with E-state index in [-0.39, 0.29) is 5.78 Å². The molecule has 1 aliphatic heterocycles. The maximum Gasteiger partial charge on any atom is 0.190 e. The fourth-order valence-electron chi connectivity index (χ4n) is 2.26. The Labute approximate surface area is 99.5 Å². The van der Waals surface area contributed by atoms with E-state index in [1.54, 1.807) is 0 Å². The van der Waals surface area contributed by atoms with Crippen molar-refractivity contribution < 1.29 is 4.79 Å². The van der Waals surface area contributed by atoms with Gasteiger partial charge >= 0.3 is 0 Å². The number of carbonyl (C=O) groups is 1. The molecule has 0 atom stereocenters. The van der Waals surface area contributed by atoms with Gasteiger partial charge in [-0.15, -0.1) is 0 Å². The molecule has 0 saturated carbocycles. The molecule has 0 bridgehead atoms. The number of benzene rings is 1. The second-order valence-corrected chi connectivity index (χ2v) is 4.26. The lowest BCUT2D eigenvalue weighted by Crippen LogP contribution is -2.23. The number of hydrogen-bond donors (Lipinski definition) is 2. The molecule has 0 spiro atoms. The SMILES string of the molecule is O=C(C1=CCNCC1)c1c[nH]c2ccccc12. The average Bonchev–Trinajstić information content (AvgIpc) is 2.83. The van der Waals surface area contributed by atoms with Gasteiger partial charge in [0, 0.05) is 29.2 Å². The van der Waals surface area contributed by atoms with Gasteiger partial charge in [-0.25, -0.2) is 0 Å². The summed E-state index contributed by atoms with van der Waals surface area (Å²) in [5, 5.41) is 4.23. The van der Waals surface area contributed by atoms with Crippen LogP contribution in [0.25, 0.3) is 10.9 Å². The number of rotatable bonds is 2. The fourth-order valence-corrected chi connectivity index (χ4v) is 2.26. The lowest BCUT2D eigenvalue weighted by Gasteiger charge is -2.12. The third-order valence-electron chi connectivity index (χ3n) is 3.19. The number of Topliss-reactive ketones (excluding diaryl/α,β-unsaturated/α-hetero) is 1. The lowest BCUT2D eigenvalue weighted by molar-refractivity contribution is 0.103. The van der Waals surface area contributed by atoms with E-state index in [2.05, 4.69) is 10.3 Å². The zero-order valence-electron chi connectivity index (χ0n) is 9.49. The van der Waals surface area contributed by atoms with Crippen molar-refractivity contribution >= 4 is 16.7 Å². The van der Waals surface area contributed by atoms with E-state index in [1.807, 2.05) is 36.5 Å². The average molecular weight is 226 g/mol. The van der Waals surface area contributed by atoms with Crippen molar-refractivity contribution in [2.24, 2.45) is 0 Å². The quantitative estimate of drug-likeness (QED) is 0.771. The van der Waals surface area contributed by atoms with Gasteiger partial charge in [0.1, 0.15) is 0 Å². The van der Waals surface area contributed by atoms with Crippen LogP contribution in [-0.2, 0) is 0 Å². The van der Waals surface area contributed by atoms with Crippen LogP contribution in [-0.4, -0.2) is 23.9 Å². The second kappa shape index (κ2) is 4.18. The molecule has 0 amide bonds. The minimum Gasteiger partial charge on any atom is -0.360 e. The Kier molecular flexibility index (Phi) is 2.53. The van der Waals surface area contributed by atoms with Crippen LogP contribution in [0.3, 0.4) is 0 Å². The lowest BCUT2D eigenvalue weighted by atomic mass is 9.98. The monoisotopic (exact) mass is 226 g/mol. The highest BCUT2D eigenvalue weighted by molar-refractivity contribution is 6.16. The minimum absolute atomic E-state index is 0.156. The predicted molar refractivity (Wildman–Crippen MR) is 68.2 cm³/mol. The number of fused-ring (bicyclic) bond motifs is 1. The number of para-hydroxylation sites is 1. The van der Waals surface area contributed by atoms with E-state index in [4.69, 9.17) is 0 Å². The Balaban J connectivity index is 2.03. The molecule has 2 N–H and O–H groups in total. The molecule has 2 aromatic rings. The maximum atomic E-state index is 12.4. The molecule has 3 heteroatoms. The Bertz CT molecular complexity index is 595. The molecule has 3 nitrogen and oxygen atoms in total. The predicted octanol–water partition coefficient (Wildman–Crippen LogP) is 2.27. The highest BCUT2D eigenvalue weighted by Gasteiger charge is 2.17. The molecule has 0 saturated heterocycles. The normalized spacial score (nSPS) is 15.9. The highest BCUT2D eigenvalue weighted by atomic mass is 16.1. The van der Waals surface area contributed by atoms with E-state index in [9.17, 15) is 4.79 Å². The first-order valence-electron chi connectivity index (χ1n) is 5.87. The standard InChI is InChI=1S/C14H14N2O/c17-14(10-5-7-15-8-6-10)12-9-16-13-4-2-1-3-11(12)13/h1-5,9,15-16H,6-8H2. The zero-order valence-corrected chi connectivity index (χ0v) is 9.49. The van der Waals surface area contributed by atoms with E-state index in [1.165, 1.54) is 0 Å². The molecule has 1 aromatic carbocycles. The highest BCUT2D eigenvalue weighted by Crippen LogP contribution is 2.22. The summed E-state index contributed by atoms with van der Waals surface area (Å²) in [6.07, 6.45) is 4.63. The summed E-state index contributed by atoms with van der Waals surface area (Å²) < 4.78 is 0. The topological polar surface area (TPSA) is 44.9 Å². The molecular weight excluding hydrogens is 212 g/mol. The summed E-state index contributed by atoms with van der Waals surface area (Å²) >= 11 is 0. The van der Waals surface area contributed by atoms with Gasteiger partial charge in [0.2, 0.25) is 0 Å². The number of aromatic amines is 1. The van der Waals surface area contributed by atoms with Crippen LogP contribution in [0.1, 0.15) is 16.8 Å². The van der Waals surface area contributed by atoms with Crippen molar-refractivity contribution in [3.05, 3.63) is 47.7 Å². The van der Waals surface area contributed by atoms with Crippen molar-refractivity contribution in [3.63, 3.8) is 0 Å². The van der Waals surface area contributed by atoms with Gasteiger partial charge < -0.3 is 10.3 Å². The number of aromatic nitrogens is 1. The van der Waals surface area contributed by atoms with Gasteiger partial charge in [-0.2, -0.15) is 0 Å². The molecule has 17 heavy (non-hydrogen) atoms. The summed E-state index contributed by atoms with van der Waals surface area (Å²) in [5.41, 5.74) is 2.73. The van der Waals surface area contributed by atoms with Crippen LogP contribution < -0.4 is 5.32 Å². The van der Waals surface area contributed by atoms with Gasteiger partial charge in [-0.05, 0) is 24.6 Å². The molecule has 86 valence electrons. The van der Waals surface area contributed by atoms with Crippen LogP contribution in [0.2, 0.25) is 0 Å². The number of nitrogens with one attached hydrogen (secondary N) is 2. The zero-order chi connectivity index (χ0) is 11.7. The van der Waals surface area contributed by atoms with E-state index < -0.39 is 0 Å². The van der Waals surface area contributed by atoms with Gasteiger partial charge in [0.25, 0.3) is 0 Å². The molecule has 0 unspecified atom stereocenters. The summed E-state index contributed by atoms with van der Waals surface area (Å²) in [6, 6.07) is 7.91. The molecule has 2 heterocycles. The molecule has 0 radical (unpaired) electrons. The summed E-state index contributed by atoms with van der Waals surface area (Å²) in [7, 11) is 0. The van der Waals surface area contributed by atoms with E-state index >= 15 is 0 Å². The third kappa shape index (κ3) is 1.78. The van der Waals surface area contributed by atoms with Crippen molar-refractivity contribution in [2.45, 2.75) is 6.42 Å². The Morgan fingerprint density at radius 3 is 2.94 bits per heavy atom. The van der Waals surface area contributed by atoms with Crippen LogP contribution >= 0.6 is 0 Å². The largest absolute Gasteiger partial charge is 0.360 e. The van der Waals surface area contributed by atoms with Gasteiger partial charge in [-0.3, -0.25) is 4.79 Å². The van der Waals surface area contributed by atoms with Crippen molar-refractivity contribution in [2.75, 3.05) is 13.1 Å². The Hall–Kier alpha value is -1.87. The molecule has 3 rings (SSSR count). The molecular formula is C14H14N2O. The number of hydrogen-bond acceptors (Lipinski definition) is 2. The van der Waals surface area contributed by atoms with Crippen molar-refractivity contribution in [1.29, 1.82) is 0 Å². The summed E-state index contributed by atoms with van der Waals surface area (Å²) in [6.45, 7) is 1.68. The van der Waals surface area contributed by atoms with E-state index in [0.29, 0.717) is 0 Å². The van der Waals surface area contributed by atoms with Gasteiger partial charge in [-0.1, -0.05) is 24.3 Å². The fraction of sp³-hybridized carbons (Fsp3) is 0.214. The minimum atomic E-state index is 0.156. The van der Waals surface area contributed by atoms with Gasteiger partial charge in [0.05, 0.1) is 0 Å². The molecule has 1 aromatic heterocycles.